The van der Waals surface area contributed by atoms with Crippen LogP contribution in [0.25, 0.3) is 0 Å². The van der Waals surface area contributed by atoms with E-state index in [0.717, 1.165) is 0 Å². The standard InChI is InChI=1S/C10H13BrClN3O4S/c11-10-7(13)3-6(12)4-8(10)20(17,18)15-1-2-19-5-9(14)16/h3-4,15H,1-2,5,13H2,(H2,14,16). The van der Waals surface area contributed by atoms with Crippen LogP contribution in [0.15, 0.2) is 21.5 Å². The minimum absolute atomic E-state index is 0.00976. The van der Waals surface area contributed by atoms with E-state index >= 15 is 0 Å². The Hall–Kier alpha value is -0.870. The third-order valence-corrected chi connectivity index (χ3v) is 4.96. The van der Waals surface area contributed by atoms with Crippen molar-refractivity contribution >= 4 is 49.1 Å². The van der Waals surface area contributed by atoms with Gasteiger partial charge in [0.05, 0.1) is 16.0 Å². The topological polar surface area (TPSA) is 125 Å². The van der Waals surface area contributed by atoms with Crippen LogP contribution >= 0.6 is 27.5 Å². The van der Waals surface area contributed by atoms with E-state index in [-0.39, 0.29) is 39.8 Å². The number of benzene rings is 1. The van der Waals surface area contributed by atoms with Crippen molar-refractivity contribution in [3.05, 3.63) is 21.6 Å². The Morgan fingerprint density at radius 1 is 1.45 bits per heavy atom. The van der Waals surface area contributed by atoms with Crippen LogP contribution in [-0.2, 0) is 19.6 Å². The van der Waals surface area contributed by atoms with Crippen molar-refractivity contribution in [2.45, 2.75) is 4.90 Å². The lowest BCUT2D eigenvalue weighted by molar-refractivity contribution is -0.122. The molecule has 1 rings (SSSR count). The number of halogens is 2. The van der Waals surface area contributed by atoms with Crippen LogP contribution in [-0.4, -0.2) is 34.1 Å². The van der Waals surface area contributed by atoms with Gasteiger partial charge in [-0.1, -0.05) is 11.6 Å². The van der Waals surface area contributed by atoms with Crippen LogP contribution in [0.5, 0.6) is 0 Å². The van der Waals surface area contributed by atoms with Gasteiger partial charge in [0.15, 0.2) is 0 Å². The number of hydrogen-bond donors (Lipinski definition) is 3. The van der Waals surface area contributed by atoms with Crippen molar-refractivity contribution in [2.24, 2.45) is 5.73 Å². The second-order valence-electron chi connectivity index (χ2n) is 3.72. The van der Waals surface area contributed by atoms with E-state index in [4.69, 9.17) is 27.8 Å². The van der Waals surface area contributed by atoms with Crippen LogP contribution in [0, 0.1) is 0 Å². The highest BCUT2D eigenvalue weighted by atomic mass is 79.9. The number of carbonyl (C=O) groups excluding carboxylic acids is 1. The van der Waals surface area contributed by atoms with Gasteiger partial charge in [-0.05, 0) is 28.1 Å². The Balaban J connectivity index is 2.72. The maximum atomic E-state index is 12.1. The lowest BCUT2D eigenvalue weighted by Crippen LogP contribution is -2.29. The summed E-state index contributed by atoms with van der Waals surface area (Å²) in [6.45, 7) is -0.278. The smallest absolute Gasteiger partial charge is 0.243 e. The summed E-state index contributed by atoms with van der Waals surface area (Å²) in [6.07, 6.45) is 0. The van der Waals surface area contributed by atoms with Crippen molar-refractivity contribution in [3.63, 3.8) is 0 Å². The largest absolute Gasteiger partial charge is 0.398 e. The normalized spacial score (nSPS) is 11.5. The second-order valence-corrected chi connectivity index (χ2v) is 6.69. The van der Waals surface area contributed by atoms with Gasteiger partial charge in [0.2, 0.25) is 15.9 Å². The molecule has 0 aliphatic heterocycles. The van der Waals surface area contributed by atoms with Gasteiger partial charge in [-0.15, -0.1) is 0 Å². The van der Waals surface area contributed by atoms with Crippen molar-refractivity contribution < 1.29 is 17.9 Å². The average Bonchev–Trinajstić information content (AvgIpc) is 2.32. The molecule has 1 aromatic carbocycles. The van der Waals surface area contributed by atoms with Crippen molar-refractivity contribution in [3.8, 4) is 0 Å². The zero-order chi connectivity index (χ0) is 15.3. The summed E-state index contributed by atoms with van der Waals surface area (Å²) in [5.74, 6) is -0.627. The molecule has 112 valence electrons. The predicted molar refractivity (Wildman–Crippen MR) is 78.8 cm³/mol. The molecule has 20 heavy (non-hydrogen) atoms. The van der Waals surface area contributed by atoms with Gasteiger partial charge < -0.3 is 16.2 Å². The van der Waals surface area contributed by atoms with Crippen LogP contribution in [0.1, 0.15) is 0 Å². The number of carbonyl (C=O) groups is 1. The van der Waals surface area contributed by atoms with Crippen LogP contribution in [0.2, 0.25) is 5.02 Å². The molecule has 0 saturated carbocycles. The molecule has 7 nitrogen and oxygen atoms in total. The summed E-state index contributed by atoms with van der Waals surface area (Å²) in [4.78, 5) is 10.4. The van der Waals surface area contributed by atoms with E-state index in [9.17, 15) is 13.2 Å². The summed E-state index contributed by atoms with van der Waals surface area (Å²) >= 11 is 8.87. The van der Waals surface area contributed by atoms with Crippen molar-refractivity contribution in [1.29, 1.82) is 0 Å². The molecule has 0 unspecified atom stereocenters. The number of nitrogen functional groups attached to an aromatic ring is 1. The molecule has 0 radical (unpaired) electrons. The number of nitrogens with two attached hydrogens (primary N) is 2. The molecule has 0 bridgehead atoms. The first-order chi connectivity index (χ1) is 9.24. The summed E-state index contributed by atoms with van der Waals surface area (Å²) in [5.41, 5.74) is 10.7. The third-order valence-electron chi connectivity index (χ3n) is 2.10. The maximum Gasteiger partial charge on any atom is 0.243 e. The Morgan fingerprint density at radius 3 is 2.70 bits per heavy atom. The number of amides is 1. The average molecular weight is 387 g/mol. The van der Waals surface area contributed by atoms with E-state index in [1.54, 1.807) is 0 Å². The fourth-order valence-electron chi connectivity index (χ4n) is 1.28. The molecule has 0 aliphatic carbocycles. The molecule has 0 spiro atoms. The first kappa shape index (κ1) is 17.2. The lowest BCUT2D eigenvalue weighted by atomic mass is 10.3. The molecule has 0 fully saturated rings. The van der Waals surface area contributed by atoms with Gasteiger partial charge in [-0.3, -0.25) is 4.79 Å². The number of nitrogens with one attached hydrogen (secondary N) is 1. The van der Waals surface area contributed by atoms with Gasteiger partial charge in [0.1, 0.15) is 6.61 Å². The highest BCUT2D eigenvalue weighted by Crippen LogP contribution is 2.31. The maximum absolute atomic E-state index is 12.1. The van der Waals surface area contributed by atoms with Crippen LogP contribution in [0.4, 0.5) is 5.69 Å². The number of ether oxygens (including phenoxy) is 1. The van der Waals surface area contributed by atoms with Crippen LogP contribution < -0.4 is 16.2 Å². The molecule has 5 N–H and O–H groups in total. The molecule has 0 atom stereocenters. The minimum atomic E-state index is -3.79. The zero-order valence-electron chi connectivity index (χ0n) is 10.2. The molecule has 0 saturated heterocycles. The van der Waals surface area contributed by atoms with Gasteiger partial charge >= 0.3 is 0 Å². The van der Waals surface area contributed by atoms with E-state index in [0.29, 0.717) is 0 Å². The summed E-state index contributed by atoms with van der Waals surface area (Å²) in [5, 5.41) is 0.205. The molecular formula is C10H13BrClN3O4S. The third kappa shape index (κ3) is 4.91. The fraction of sp³-hybridized carbons (Fsp3) is 0.300. The van der Waals surface area contributed by atoms with Gasteiger partial charge in [0.25, 0.3) is 0 Å². The number of sulfonamides is 1. The molecule has 10 heteroatoms. The Bertz CT molecular complexity index is 609. The minimum Gasteiger partial charge on any atom is -0.398 e. The number of hydrogen-bond acceptors (Lipinski definition) is 5. The zero-order valence-corrected chi connectivity index (χ0v) is 13.4. The van der Waals surface area contributed by atoms with Crippen molar-refractivity contribution in [2.75, 3.05) is 25.5 Å². The number of rotatable bonds is 7. The van der Waals surface area contributed by atoms with Crippen LogP contribution in [0.3, 0.4) is 0 Å². The summed E-state index contributed by atoms with van der Waals surface area (Å²) in [7, 11) is -3.79. The molecule has 0 aliphatic rings. The van der Waals surface area contributed by atoms with E-state index in [1.165, 1.54) is 12.1 Å². The highest BCUT2D eigenvalue weighted by Gasteiger charge is 2.19. The van der Waals surface area contributed by atoms with E-state index in [1.807, 2.05) is 0 Å². The molecule has 1 aromatic rings. The molecule has 0 heterocycles. The Labute approximate surface area is 129 Å². The second kappa shape index (κ2) is 7.23. The number of primary amides is 1. The Morgan fingerprint density at radius 2 is 2.10 bits per heavy atom. The van der Waals surface area contributed by atoms with Crippen molar-refractivity contribution in [1.82, 2.24) is 4.72 Å². The molecule has 1 amide bonds. The summed E-state index contributed by atoms with van der Waals surface area (Å²) < 4.78 is 31.5. The fourth-order valence-corrected chi connectivity index (χ4v) is 3.58. The first-order valence-electron chi connectivity index (χ1n) is 5.34. The van der Waals surface area contributed by atoms with E-state index in [2.05, 4.69) is 20.7 Å². The van der Waals surface area contributed by atoms with E-state index < -0.39 is 15.9 Å². The van der Waals surface area contributed by atoms with Gasteiger partial charge in [-0.2, -0.15) is 0 Å². The SMILES string of the molecule is NC(=O)COCCNS(=O)(=O)c1cc(Cl)cc(N)c1Br. The monoisotopic (exact) mass is 385 g/mol. The predicted octanol–water partition coefficient (Wildman–Crippen LogP) is 0.465. The summed E-state index contributed by atoms with van der Waals surface area (Å²) in [6, 6.07) is 2.70. The molecule has 0 aromatic heterocycles. The van der Waals surface area contributed by atoms with Gasteiger partial charge in [-0.25, -0.2) is 13.1 Å². The Kier molecular flexibility index (Phi) is 6.21. The highest BCUT2D eigenvalue weighted by molar-refractivity contribution is 9.10. The number of anilines is 1. The first-order valence-corrected chi connectivity index (χ1v) is 7.99. The van der Waals surface area contributed by atoms with Gasteiger partial charge in [0, 0.05) is 17.3 Å². The quantitative estimate of drug-likeness (QED) is 0.464. The molecular weight excluding hydrogens is 374 g/mol. The lowest BCUT2D eigenvalue weighted by Gasteiger charge is -2.10.